The molecular formula is C7H10O2. The third-order valence-corrected chi connectivity index (χ3v) is 1.29. The molecule has 0 spiro atoms. The van der Waals surface area contributed by atoms with E-state index in [0.717, 1.165) is 6.42 Å². The highest BCUT2D eigenvalue weighted by Gasteiger charge is 2.09. The van der Waals surface area contributed by atoms with Gasteiger partial charge in [-0.1, -0.05) is 24.3 Å². The van der Waals surface area contributed by atoms with Crippen molar-refractivity contribution in [1.82, 2.24) is 0 Å². The second-order valence-corrected chi connectivity index (χ2v) is 2.07. The van der Waals surface area contributed by atoms with E-state index in [1.165, 1.54) is 0 Å². The molecule has 0 fully saturated rings. The van der Waals surface area contributed by atoms with Crippen molar-refractivity contribution in [3.8, 4) is 0 Å². The van der Waals surface area contributed by atoms with Crippen LogP contribution in [0, 0.1) is 0 Å². The highest BCUT2D eigenvalue weighted by Crippen LogP contribution is 2.03. The number of hydrogen-bond donors (Lipinski definition) is 2. The van der Waals surface area contributed by atoms with Gasteiger partial charge in [-0.05, 0) is 6.42 Å². The summed E-state index contributed by atoms with van der Waals surface area (Å²) in [5.41, 5.74) is 0. The van der Waals surface area contributed by atoms with E-state index >= 15 is 0 Å². The van der Waals surface area contributed by atoms with E-state index in [2.05, 4.69) is 0 Å². The molecule has 0 aliphatic heterocycles. The fourth-order valence-electron chi connectivity index (χ4n) is 0.742. The van der Waals surface area contributed by atoms with E-state index in [1.807, 2.05) is 12.2 Å². The Kier molecular flexibility index (Phi) is 2.03. The van der Waals surface area contributed by atoms with Gasteiger partial charge in [-0.2, -0.15) is 0 Å². The third-order valence-electron chi connectivity index (χ3n) is 1.29. The van der Waals surface area contributed by atoms with Gasteiger partial charge in [0.1, 0.15) is 12.2 Å². The maximum Gasteiger partial charge on any atom is 0.102 e. The molecule has 0 amide bonds. The number of aliphatic hydroxyl groups is 2. The molecule has 0 radical (unpaired) electrons. The summed E-state index contributed by atoms with van der Waals surface area (Å²) in [5, 5.41) is 17.9. The summed E-state index contributed by atoms with van der Waals surface area (Å²) in [6.07, 6.45) is 6.23. The van der Waals surface area contributed by atoms with Gasteiger partial charge in [-0.15, -0.1) is 0 Å². The number of hydrogen-bond acceptors (Lipinski definition) is 2. The molecule has 0 bridgehead atoms. The predicted octanol–water partition coefficient (Wildman–Crippen LogP) is 0.224. The average Bonchev–Trinajstić information content (AvgIpc) is 1.99. The van der Waals surface area contributed by atoms with Crippen LogP contribution in [0.25, 0.3) is 0 Å². The molecular weight excluding hydrogens is 116 g/mol. The lowest BCUT2D eigenvalue weighted by Crippen LogP contribution is -2.20. The molecule has 1 rings (SSSR count). The fraction of sp³-hybridized carbons (Fsp3) is 0.429. The van der Waals surface area contributed by atoms with E-state index in [1.54, 1.807) is 12.2 Å². The summed E-state index contributed by atoms with van der Waals surface area (Å²) in [6, 6.07) is 0. The topological polar surface area (TPSA) is 40.5 Å². The quantitative estimate of drug-likeness (QED) is 0.456. The monoisotopic (exact) mass is 126 g/mol. The Balaban J connectivity index is 2.61. The molecule has 50 valence electrons. The van der Waals surface area contributed by atoms with Gasteiger partial charge in [-0.3, -0.25) is 0 Å². The van der Waals surface area contributed by atoms with Crippen LogP contribution in [0.15, 0.2) is 24.3 Å². The lowest BCUT2D eigenvalue weighted by Gasteiger charge is -2.06. The summed E-state index contributed by atoms with van der Waals surface area (Å²) in [7, 11) is 0. The van der Waals surface area contributed by atoms with Crippen molar-refractivity contribution in [2.45, 2.75) is 18.6 Å². The summed E-state index contributed by atoms with van der Waals surface area (Å²) >= 11 is 0. The Bertz CT molecular complexity index is 122. The van der Waals surface area contributed by atoms with Crippen LogP contribution in [-0.2, 0) is 0 Å². The summed E-state index contributed by atoms with van der Waals surface area (Å²) in [4.78, 5) is 0. The molecule has 0 saturated carbocycles. The van der Waals surface area contributed by atoms with Gasteiger partial charge >= 0.3 is 0 Å². The van der Waals surface area contributed by atoms with Crippen LogP contribution in [0.4, 0.5) is 0 Å². The first kappa shape index (κ1) is 6.52. The number of rotatable bonds is 0. The van der Waals surface area contributed by atoms with Gasteiger partial charge in [0.25, 0.3) is 0 Å². The van der Waals surface area contributed by atoms with Crippen LogP contribution in [0.5, 0.6) is 0 Å². The molecule has 0 saturated heterocycles. The minimum Gasteiger partial charge on any atom is -0.386 e. The van der Waals surface area contributed by atoms with Gasteiger partial charge in [0.05, 0.1) is 0 Å². The molecule has 2 unspecified atom stereocenters. The van der Waals surface area contributed by atoms with Crippen LogP contribution in [0.3, 0.4) is 0 Å². The zero-order valence-corrected chi connectivity index (χ0v) is 5.07. The van der Waals surface area contributed by atoms with E-state index in [9.17, 15) is 0 Å². The Labute approximate surface area is 54.1 Å². The first-order chi connectivity index (χ1) is 4.30. The van der Waals surface area contributed by atoms with E-state index in [-0.39, 0.29) is 0 Å². The molecule has 9 heavy (non-hydrogen) atoms. The summed E-state index contributed by atoms with van der Waals surface area (Å²) in [5.74, 6) is 0. The van der Waals surface area contributed by atoms with Crippen molar-refractivity contribution in [3.63, 3.8) is 0 Å². The molecule has 2 heteroatoms. The molecule has 0 aromatic rings. The predicted molar refractivity (Wildman–Crippen MR) is 34.9 cm³/mol. The van der Waals surface area contributed by atoms with Gasteiger partial charge in [0, 0.05) is 0 Å². The van der Waals surface area contributed by atoms with Crippen molar-refractivity contribution in [2.24, 2.45) is 0 Å². The molecule has 1 aliphatic carbocycles. The zero-order chi connectivity index (χ0) is 6.69. The SMILES string of the molecule is OC1C=CCC=CC1O. The maximum atomic E-state index is 8.97. The highest BCUT2D eigenvalue weighted by atomic mass is 16.3. The molecule has 2 nitrogen and oxygen atoms in total. The maximum absolute atomic E-state index is 8.97. The van der Waals surface area contributed by atoms with E-state index in [4.69, 9.17) is 10.2 Å². The standard InChI is InChI=1S/C7H10O2/c8-6-4-2-1-3-5-7(6)9/h2-9H,1H2. The molecule has 2 N–H and O–H groups in total. The second-order valence-electron chi connectivity index (χ2n) is 2.07. The van der Waals surface area contributed by atoms with Crippen molar-refractivity contribution in [2.75, 3.05) is 0 Å². The molecule has 2 atom stereocenters. The highest BCUT2D eigenvalue weighted by molar-refractivity contribution is 5.07. The second kappa shape index (κ2) is 2.80. The molecule has 0 heterocycles. The van der Waals surface area contributed by atoms with Gasteiger partial charge in [0.2, 0.25) is 0 Å². The van der Waals surface area contributed by atoms with Gasteiger partial charge in [-0.25, -0.2) is 0 Å². The Morgan fingerprint density at radius 2 is 1.44 bits per heavy atom. The van der Waals surface area contributed by atoms with Crippen molar-refractivity contribution >= 4 is 0 Å². The first-order valence-corrected chi connectivity index (χ1v) is 3.00. The zero-order valence-electron chi connectivity index (χ0n) is 5.07. The Hall–Kier alpha value is -0.600. The minimum absolute atomic E-state index is 0.719. The number of aliphatic hydroxyl groups excluding tert-OH is 2. The van der Waals surface area contributed by atoms with Gasteiger partial charge in [0.15, 0.2) is 0 Å². The molecule has 0 aromatic heterocycles. The Morgan fingerprint density at radius 3 is 1.89 bits per heavy atom. The first-order valence-electron chi connectivity index (χ1n) is 3.00. The largest absolute Gasteiger partial charge is 0.386 e. The van der Waals surface area contributed by atoms with E-state index in [0.29, 0.717) is 0 Å². The van der Waals surface area contributed by atoms with Crippen LogP contribution < -0.4 is 0 Å². The summed E-state index contributed by atoms with van der Waals surface area (Å²) < 4.78 is 0. The molecule has 1 aliphatic rings. The lowest BCUT2D eigenvalue weighted by atomic mass is 10.2. The van der Waals surface area contributed by atoms with Crippen molar-refractivity contribution in [3.05, 3.63) is 24.3 Å². The van der Waals surface area contributed by atoms with Gasteiger partial charge < -0.3 is 10.2 Å². The number of allylic oxidation sites excluding steroid dienone is 2. The normalized spacial score (nSPS) is 34.4. The third kappa shape index (κ3) is 1.66. The smallest absolute Gasteiger partial charge is 0.102 e. The van der Waals surface area contributed by atoms with Crippen LogP contribution in [0.1, 0.15) is 6.42 Å². The van der Waals surface area contributed by atoms with Crippen LogP contribution in [-0.4, -0.2) is 22.4 Å². The molecule has 0 aromatic carbocycles. The van der Waals surface area contributed by atoms with Crippen molar-refractivity contribution < 1.29 is 10.2 Å². The van der Waals surface area contributed by atoms with E-state index < -0.39 is 12.2 Å². The lowest BCUT2D eigenvalue weighted by molar-refractivity contribution is 0.0813. The van der Waals surface area contributed by atoms with Crippen molar-refractivity contribution in [1.29, 1.82) is 0 Å². The summed E-state index contributed by atoms with van der Waals surface area (Å²) in [6.45, 7) is 0. The minimum atomic E-state index is -0.719. The average molecular weight is 126 g/mol. The van der Waals surface area contributed by atoms with Crippen LogP contribution >= 0.6 is 0 Å². The fourth-order valence-corrected chi connectivity index (χ4v) is 0.742. The Morgan fingerprint density at radius 1 is 1.00 bits per heavy atom. The van der Waals surface area contributed by atoms with Crippen LogP contribution in [0.2, 0.25) is 0 Å².